The average Bonchev–Trinajstić information content (AvgIpc) is 3.41. The van der Waals surface area contributed by atoms with Crippen molar-refractivity contribution in [1.29, 1.82) is 0 Å². The molecule has 0 amide bonds. The fraction of sp³-hybridized carbons (Fsp3) is 0.0870. The van der Waals surface area contributed by atoms with Gasteiger partial charge in [-0.1, -0.05) is 23.4 Å². The molecule has 0 saturated heterocycles. The first kappa shape index (κ1) is 21.5. The number of para-hydroxylation sites is 2. The molecular weight excluding hydrogens is 422 g/mol. The molecule has 2 aromatic carbocycles. The molecule has 10 nitrogen and oxygen atoms in total. The van der Waals surface area contributed by atoms with E-state index in [9.17, 15) is 4.79 Å². The Balaban J connectivity index is 0.000000243. The third-order valence-corrected chi connectivity index (χ3v) is 4.71. The Morgan fingerprint density at radius 2 is 1.94 bits per heavy atom. The number of nitrogen functional groups attached to an aromatic ring is 1. The highest BCUT2D eigenvalue weighted by atomic mass is 16.5. The maximum Gasteiger partial charge on any atom is 0.358 e. The van der Waals surface area contributed by atoms with E-state index in [1.165, 1.54) is 12.4 Å². The van der Waals surface area contributed by atoms with Crippen molar-refractivity contribution in [2.45, 2.75) is 13.8 Å². The molecule has 0 aliphatic carbocycles. The quantitative estimate of drug-likeness (QED) is 0.349. The summed E-state index contributed by atoms with van der Waals surface area (Å²) in [5.74, 6) is 0.880. The van der Waals surface area contributed by atoms with Gasteiger partial charge in [0.15, 0.2) is 5.69 Å². The zero-order valence-corrected chi connectivity index (χ0v) is 17.9. The first-order valence-corrected chi connectivity index (χ1v) is 9.96. The Kier molecular flexibility index (Phi) is 5.98. The number of hydrogen-bond donors (Lipinski definition) is 3. The number of nitrogens with zero attached hydrogens (tertiary/aromatic N) is 5. The van der Waals surface area contributed by atoms with E-state index in [-0.39, 0.29) is 5.69 Å². The molecule has 33 heavy (non-hydrogen) atoms. The predicted molar refractivity (Wildman–Crippen MR) is 124 cm³/mol. The normalized spacial score (nSPS) is 10.5. The Bertz CT molecular complexity index is 1410. The fourth-order valence-electron chi connectivity index (χ4n) is 3.12. The SMILES string of the molecule is Cc1cc(C(=O)O)no1.Cc1ccc(N)cc1Nc1nc2ccccc2n1-c1ccncn1. The predicted octanol–water partition coefficient (Wildman–Crippen LogP) is 4.13. The van der Waals surface area contributed by atoms with Crippen LogP contribution in [0.1, 0.15) is 21.8 Å². The van der Waals surface area contributed by atoms with Crippen molar-refractivity contribution in [3.63, 3.8) is 0 Å². The molecule has 0 aliphatic rings. The van der Waals surface area contributed by atoms with Gasteiger partial charge in [-0.25, -0.2) is 19.7 Å². The van der Waals surface area contributed by atoms with Gasteiger partial charge in [0, 0.05) is 23.6 Å². The second kappa shape index (κ2) is 9.18. The molecule has 0 fully saturated rings. The number of carboxylic acid groups (broad SMARTS) is 1. The second-order valence-electron chi connectivity index (χ2n) is 7.15. The summed E-state index contributed by atoms with van der Waals surface area (Å²) in [5, 5.41) is 14.9. The minimum Gasteiger partial charge on any atom is -0.476 e. The molecule has 3 heterocycles. The van der Waals surface area contributed by atoms with Crippen molar-refractivity contribution >= 4 is 34.3 Å². The molecule has 4 N–H and O–H groups in total. The summed E-state index contributed by atoms with van der Waals surface area (Å²) < 4.78 is 6.47. The minimum atomic E-state index is -1.06. The maximum atomic E-state index is 10.1. The van der Waals surface area contributed by atoms with Crippen LogP contribution >= 0.6 is 0 Å². The van der Waals surface area contributed by atoms with Crippen molar-refractivity contribution in [2.24, 2.45) is 0 Å². The van der Waals surface area contributed by atoms with Crippen LogP contribution in [0.25, 0.3) is 16.9 Å². The summed E-state index contributed by atoms with van der Waals surface area (Å²) in [7, 11) is 0. The number of anilines is 3. The average molecular weight is 443 g/mol. The number of carbonyl (C=O) groups is 1. The molecule has 10 heteroatoms. The van der Waals surface area contributed by atoms with Crippen LogP contribution < -0.4 is 11.1 Å². The molecule has 0 atom stereocenters. The van der Waals surface area contributed by atoms with E-state index in [1.54, 1.807) is 13.1 Å². The van der Waals surface area contributed by atoms with Crippen LogP contribution in [0.15, 0.2) is 71.6 Å². The Morgan fingerprint density at radius 1 is 1.12 bits per heavy atom. The number of rotatable bonds is 4. The monoisotopic (exact) mass is 443 g/mol. The van der Waals surface area contributed by atoms with Crippen LogP contribution in [0.3, 0.4) is 0 Å². The molecule has 0 bridgehead atoms. The van der Waals surface area contributed by atoms with Crippen LogP contribution in [0, 0.1) is 13.8 Å². The van der Waals surface area contributed by atoms with E-state index >= 15 is 0 Å². The smallest absolute Gasteiger partial charge is 0.358 e. The molecule has 3 aromatic heterocycles. The molecule has 0 unspecified atom stereocenters. The van der Waals surface area contributed by atoms with Gasteiger partial charge in [0.1, 0.15) is 17.9 Å². The summed E-state index contributed by atoms with van der Waals surface area (Å²) in [4.78, 5) is 23.2. The van der Waals surface area contributed by atoms with Gasteiger partial charge in [-0.2, -0.15) is 0 Å². The van der Waals surface area contributed by atoms with Crippen LogP contribution in [0.5, 0.6) is 0 Å². The van der Waals surface area contributed by atoms with Gasteiger partial charge in [-0.05, 0) is 49.7 Å². The van der Waals surface area contributed by atoms with Crippen LogP contribution in [-0.2, 0) is 0 Å². The van der Waals surface area contributed by atoms with E-state index in [0.29, 0.717) is 17.4 Å². The standard InChI is InChI=1S/C18H16N6.C5H5NO3/c1-12-6-7-13(19)10-15(12)23-18-22-14-4-2-3-5-16(14)24(18)17-8-9-20-11-21-17;1-3-2-4(5(7)8)6-9-3/h2-11H,19H2,1H3,(H,22,23);2H,1H3,(H,7,8). The molecule has 0 spiro atoms. The second-order valence-corrected chi connectivity index (χ2v) is 7.15. The lowest BCUT2D eigenvalue weighted by atomic mass is 10.2. The molecule has 5 rings (SSSR count). The third-order valence-electron chi connectivity index (χ3n) is 4.71. The Labute approximate surface area is 188 Å². The van der Waals surface area contributed by atoms with Gasteiger partial charge in [-0.15, -0.1) is 0 Å². The van der Waals surface area contributed by atoms with Gasteiger partial charge in [-0.3, -0.25) is 4.57 Å². The molecule has 0 aliphatic heterocycles. The van der Waals surface area contributed by atoms with Gasteiger partial charge >= 0.3 is 5.97 Å². The minimum absolute atomic E-state index is 0.0486. The number of aromatic carboxylic acids is 1. The fourth-order valence-corrected chi connectivity index (χ4v) is 3.12. The molecule has 5 aromatic rings. The van der Waals surface area contributed by atoms with E-state index in [0.717, 1.165) is 28.1 Å². The summed E-state index contributed by atoms with van der Waals surface area (Å²) in [5.41, 5.74) is 10.4. The van der Waals surface area contributed by atoms with Gasteiger partial charge < -0.3 is 20.7 Å². The molecule has 0 radical (unpaired) electrons. The molecule has 166 valence electrons. The number of nitrogens with two attached hydrogens (primary N) is 1. The number of hydrogen-bond acceptors (Lipinski definition) is 8. The van der Waals surface area contributed by atoms with Crippen LogP contribution in [0.4, 0.5) is 17.3 Å². The van der Waals surface area contributed by atoms with Gasteiger partial charge in [0.2, 0.25) is 5.95 Å². The largest absolute Gasteiger partial charge is 0.476 e. The van der Waals surface area contributed by atoms with E-state index < -0.39 is 5.97 Å². The van der Waals surface area contributed by atoms with E-state index in [2.05, 4.69) is 25.0 Å². The summed E-state index contributed by atoms with van der Waals surface area (Å²) in [6.07, 6.45) is 3.24. The van der Waals surface area contributed by atoms with Crippen molar-refractivity contribution in [3.05, 3.63) is 84.1 Å². The third kappa shape index (κ3) is 4.79. The van der Waals surface area contributed by atoms with Crippen molar-refractivity contribution in [3.8, 4) is 5.82 Å². The van der Waals surface area contributed by atoms with Gasteiger partial charge in [0.25, 0.3) is 0 Å². The topological polar surface area (TPSA) is 145 Å². The summed E-state index contributed by atoms with van der Waals surface area (Å²) in [6, 6.07) is 16.9. The zero-order valence-electron chi connectivity index (χ0n) is 17.9. The lowest BCUT2D eigenvalue weighted by Crippen LogP contribution is -2.05. The Hall–Kier alpha value is -4.73. The lowest BCUT2D eigenvalue weighted by Gasteiger charge is -2.12. The van der Waals surface area contributed by atoms with Crippen LogP contribution in [-0.4, -0.2) is 35.8 Å². The molecular formula is C23H21N7O3. The van der Waals surface area contributed by atoms with Crippen molar-refractivity contribution in [1.82, 2.24) is 24.7 Å². The van der Waals surface area contributed by atoms with Gasteiger partial charge in [0.05, 0.1) is 11.0 Å². The zero-order chi connectivity index (χ0) is 23.4. The number of carboxylic acids is 1. The maximum absolute atomic E-state index is 10.1. The highest BCUT2D eigenvalue weighted by Crippen LogP contribution is 2.28. The number of nitrogens with one attached hydrogen (secondary N) is 1. The number of benzene rings is 2. The summed E-state index contributed by atoms with van der Waals surface area (Å²) in [6.45, 7) is 3.67. The number of aromatic nitrogens is 5. The molecule has 0 saturated carbocycles. The summed E-state index contributed by atoms with van der Waals surface area (Å²) >= 11 is 0. The number of aryl methyl sites for hydroxylation is 2. The van der Waals surface area contributed by atoms with E-state index in [1.807, 2.05) is 60.0 Å². The number of imidazole rings is 1. The van der Waals surface area contributed by atoms with Crippen molar-refractivity contribution < 1.29 is 14.4 Å². The number of fused-ring (bicyclic) bond motifs is 1. The highest BCUT2D eigenvalue weighted by Gasteiger charge is 2.14. The van der Waals surface area contributed by atoms with Crippen LogP contribution in [0.2, 0.25) is 0 Å². The van der Waals surface area contributed by atoms with Crippen molar-refractivity contribution in [2.75, 3.05) is 11.1 Å². The lowest BCUT2D eigenvalue weighted by molar-refractivity contribution is 0.0685. The Morgan fingerprint density at radius 3 is 2.61 bits per heavy atom. The first-order chi connectivity index (χ1) is 15.9. The highest BCUT2D eigenvalue weighted by molar-refractivity contribution is 5.85. The van der Waals surface area contributed by atoms with E-state index in [4.69, 9.17) is 15.8 Å². The first-order valence-electron chi connectivity index (χ1n) is 9.96.